The zero-order chi connectivity index (χ0) is 24.9. The lowest BCUT2D eigenvalue weighted by atomic mass is 9.88. The van der Waals surface area contributed by atoms with Gasteiger partial charge in [-0.1, -0.05) is 30.3 Å². The van der Waals surface area contributed by atoms with Crippen LogP contribution in [-0.4, -0.2) is 27.5 Å². The number of alkyl halides is 3. The van der Waals surface area contributed by atoms with Gasteiger partial charge in [-0.05, 0) is 19.1 Å². The molecule has 0 radical (unpaired) electrons. The topological polar surface area (TPSA) is 98.5 Å². The van der Waals surface area contributed by atoms with Crippen LogP contribution in [0.5, 0.6) is 0 Å². The van der Waals surface area contributed by atoms with E-state index in [0.29, 0.717) is 21.6 Å². The molecule has 7 nitrogen and oxygen atoms in total. The molecule has 0 fully saturated rings. The highest BCUT2D eigenvalue weighted by Crippen LogP contribution is 2.49. The molecule has 2 aromatic carbocycles. The number of aromatic amines is 1. The smallest absolute Gasteiger partial charge is 0.383 e. The largest absolute Gasteiger partial charge is 0.418 e. The number of halogens is 3. The summed E-state index contributed by atoms with van der Waals surface area (Å²) in [4.78, 5) is 22.5. The molecule has 0 aliphatic carbocycles. The fraction of sp³-hybridized carbons (Fsp3) is 0.167. The number of hydrogen-bond donors (Lipinski definition) is 3. The number of amides is 1. The average Bonchev–Trinajstić information content (AvgIpc) is 3.51. The van der Waals surface area contributed by atoms with E-state index in [0.717, 1.165) is 11.1 Å². The van der Waals surface area contributed by atoms with Crippen molar-refractivity contribution >= 4 is 44.7 Å². The summed E-state index contributed by atoms with van der Waals surface area (Å²) in [6.45, 7) is 1.97. The summed E-state index contributed by atoms with van der Waals surface area (Å²) < 4.78 is 41.9. The number of nitrogens with one attached hydrogen (secondary N) is 1. The summed E-state index contributed by atoms with van der Waals surface area (Å²) in [7, 11) is 0. The van der Waals surface area contributed by atoms with Crippen LogP contribution in [0, 0.1) is 0 Å². The van der Waals surface area contributed by atoms with Crippen molar-refractivity contribution in [3.05, 3.63) is 82.5 Å². The third-order valence-electron chi connectivity index (χ3n) is 5.96. The van der Waals surface area contributed by atoms with E-state index < -0.39 is 29.4 Å². The predicted octanol–water partition coefficient (Wildman–Crippen LogP) is 4.83. The van der Waals surface area contributed by atoms with Gasteiger partial charge in [0.05, 0.1) is 22.5 Å². The van der Waals surface area contributed by atoms with E-state index in [1.54, 1.807) is 49.0 Å². The number of anilines is 2. The second-order valence-electron chi connectivity index (χ2n) is 7.89. The fourth-order valence-electron chi connectivity index (χ4n) is 4.43. The van der Waals surface area contributed by atoms with Crippen molar-refractivity contribution < 1.29 is 23.1 Å². The van der Waals surface area contributed by atoms with Crippen LogP contribution in [0.15, 0.2) is 65.8 Å². The maximum atomic E-state index is 14.0. The Morgan fingerprint density at radius 3 is 2.71 bits per heavy atom. The van der Waals surface area contributed by atoms with Gasteiger partial charge in [-0.2, -0.15) is 13.2 Å². The number of carbonyl (C=O) groups excluding carboxylic acids is 1. The first-order valence-electron chi connectivity index (χ1n) is 10.7. The highest BCUT2D eigenvalue weighted by Gasteiger charge is 2.43. The molecular weight excluding hydrogens is 479 g/mol. The lowest BCUT2D eigenvalue weighted by molar-refractivity contribution is -0.137. The average molecular weight is 500 g/mol. The monoisotopic (exact) mass is 499 g/mol. The van der Waals surface area contributed by atoms with Gasteiger partial charge in [-0.25, -0.2) is 10.8 Å². The normalized spacial score (nSPS) is 16.1. The zero-order valence-electron chi connectivity index (χ0n) is 18.4. The maximum absolute atomic E-state index is 14.0. The minimum Gasteiger partial charge on any atom is -0.383 e. The first kappa shape index (κ1) is 23.1. The summed E-state index contributed by atoms with van der Waals surface area (Å²) in [5.41, 5.74) is -0.575. The Kier molecular flexibility index (Phi) is 5.62. The second-order valence-corrected chi connectivity index (χ2v) is 8.76. The third-order valence-corrected chi connectivity index (χ3v) is 6.76. The number of para-hydroxylation sites is 2. The van der Waals surface area contributed by atoms with Crippen LogP contribution in [0.2, 0.25) is 0 Å². The number of aliphatic hydroxyl groups is 1. The number of likely N-dealkylation sites (N-methyl/N-ethyl adjacent to an activating group) is 1. The van der Waals surface area contributed by atoms with Gasteiger partial charge < -0.3 is 10.1 Å². The lowest BCUT2D eigenvalue weighted by Gasteiger charge is -2.37. The molecule has 1 amide bonds. The van der Waals surface area contributed by atoms with Crippen molar-refractivity contribution in [2.24, 2.45) is 5.84 Å². The van der Waals surface area contributed by atoms with Gasteiger partial charge in [0.15, 0.2) is 5.13 Å². The molecule has 1 atom stereocenters. The second kappa shape index (κ2) is 8.52. The molecule has 0 spiro atoms. The molecule has 4 N–H and O–H groups in total. The minimum atomic E-state index is -4.73. The van der Waals surface area contributed by atoms with E-state index in [1.807, 2.05) is 0 Å². The highest BCUT2D eigenvalue weighted by molar-refractivity contribution is 7.13. The van der Waals surface area contributed by atoms with Gasteiger partial charge in [0.1, 0.15) is 6.10 Å². The Hall–Kier alpha value is -3.67. The Balaban J connectivity index is 1.80. The van der Waals surface area contributed by atoms with E-state index in [-0.39, 0.29) is 23.4 Å². The lowest BCUT2D eigenvalue weighted by Crippen LogP contribution is -2.42. The van der Waals surface area contributed by atoms with Gasteiger partial charge in [0.2, 0.25) is 0 Å². The number of hydrogen-bond acceptors (Lipinski definition) is 6. The molecule has 2 aromatic heterocycles. The van der Waals surface area contributed by atoms with Gasteiger partial charge in [0.25, 0.3) is 5.91 Å². The number of H-pyrrole nitrogens is 1. The van der Waals surface area contributed by atoms with Crippen molar-refractivity contribution in [3.8, 4) is 0 Å². The number of nitrogens with zero attached hydrogens (tertiary/aromatic N) is 3. The molecule has 180 valence electrons. The molecule has 4 aromatic rings. The van der Waals surface area contributed by atoms with Gasteiger partial charge in [0, 0.05) is 46.3 Å². The summed E-state index contributed by atoms with van der Waals surface area (Å²) in [5, 5.41) is 15.0. The van der Waals surface area contributed by atoms with Crippen molar-refractivity contribution in [2.75, 3.05) is 16.5 Å². The number of carbonyl (C=O) groups is 1. The van der Waals surface area contributed by atoms with Crippen LogP contribution < -0.4 is 15.8 Å². The predicted molar refractivity (Wildman–Crippen MR) is 128 cm³/mol. The number of benzene rings is 2. The summed E-state index contributed by atoms with van der Waals surface area (Å²) in [5.74, 6) is 5.78. The number of aliphatic hydroxyl groups excluding tert-OH is 1. The van der Waals surface area contributed by atoms with Crippen LogP contribution >= 0.6 is 11.3 Å². The number of rotatable bonds is 4. The van der Waals surface area contributed by atoms with E-state index >= 15 is 0 Å². The molecule has 5 rings (SSSR count). The van der Waals surface area contributed by atoms with E-state index in [4.69, 9.17) is 5.84 Å². The molecule has 1 aliphatic rings. The highest BCUT2D eigenvalue weighted by atomic mass is 32.1. The van der Waals surface area contributed by atoms with E-state index in [9.17, 15) is 23.1 Å². The van der Waals surface area contributed by atoms with Gasteiger partial charge in [-0.3, -0.25) is 14.7 Å². The number of nitrogens with two attached hydrogens (primary N) is 1. The van der Waals surface area contributed by atoms with Crippen LogP contribution in [0.1, 0.15) is 29.7 Å². The van der Waals surface area contributed by atoms with Crippen molar-refractivity contribution in [1.29, 1.82) is 0 Å². The molecule has 0 bridgehead atoms. The van der Waals surface area contributed by atoms with Crippen molar-refractivity contribution in [2.45, 2.75) is 19.2 Å². The molecule has 11 heteroatoms. The summed E-state index contributed by atoms with van der Waals surface area (Å²) >= 11 is 1.23. The quantitative estimate of drug-likeness (QED) is 0.349. The maximum Gasteiger partial charge on any atom is 0.418 e. The Bertz CT molecular complexity index is 1450. The first-order chi connectivity index (χ1) is 16.7. The third kappa shape index (κ3) is 3.68. The van der Waals surface area contributed by atoms with Crippen LogP contribution in [0.4, 0.5) is 24.0 Å². The van der Waals surface area contributed by atoms with Gasteiger partial charge >= 0.3 is 6.18 Å². The minimum absolute atomic E-state index is 0.0147. The molecule has 3 heterocycles. The number of hydrazine groups is 1. The molecule has 35 heavy (non-hydrogen) atoms. The number of aromatic nitrogens is 2. The number of fused-ring (bicyclic) bond motifs is 2. The van der Waals surface area contributed by atoms with E-state index in [1.165, 1.54) is 28.4 Å². The summed E-state index contributed by atoms with van der Waals surface area (Å²) in [6, 6.07) is 10.6. The van der Waals surface area contributed by atoms with Crippen LogP contribution in [0.25, 0.3) is 16.6 Å². The first-order valence-corrected chi connectivity index (χ1v) is 11.6. The van der Waals surface area contributed by atoms with E-state index in [2.05, 4.69) is 9.97 Å². The Labute approximate surface area is 201 Å². The molecule has 1 aliphatic heterocycles. The molecule has 0 saturated heterocycles. The zero-order valence-corrected chi connectivity index (χ0v) is 19.2. The van der Waals surface area contributed by atoms with Crippen LogP contribution in [0.3, 0.4) is 0 Å². The molecular formula is C24H20F3N5O2S. The Morgan fingerprint density at radius 1 is 1.26 bits per heavy atom. The number of thiazole rings is 1. The summed E-state index contributed by atoms with van der Waals surface area (Å²) in [6.07, 6.45) is -3.27. The van der Waals surface area contributed by atoms with Crippen LogP contribution in [-0.2, 0) is 11.0 Å². The molecule has 1 unspecified atom stereocenters. The Morgan fingerprint density at radius 2 is 2.03 bits per heavy atom. The van der Waals surface area contributed by atoms with Crippen molar-refractivity contribution in [1.82, 2.24) is 9.97 Å². The van der Waals surface area contributed by atoms with Crippen molar-refractivity contribution in [3.63, 3.8) is 0 Å². The van der Waals surface area contributed by atoms with Gasteiger partial charge in [-0.15, -0.1) is 11.3 Å². The standard InChI is InChI=1S/C24H20F3N5O2S/c1-2-31(23-29-10-11-35-23)22(34)18-20(15-12-30-17-9-4-3-6-13(15)17)32(28)19-14(21(18)33)7-5-8-16(19)24(25,26)27/h3-12,21,30,33H,2,28H2,1H3. The molecule has 0 saturated carbocycles. The SMILES string of the molecule is CCN(C(=O)C1=C(c2c[nH]c3ccccc23)N(N)c2c(cccc2C(F)(F)F)C1O)c1nccs1. The fourth-order valence-corrected chi connectivity index (χ4v) is 5.13.